The number of carbonyl (C=O) groups excluding carboxylic acids is 1. The quantitative estimate of drug-likeness (QED) is 0.686. The molecule has 0 aliphatic rings. The van der Waals surface area contributed by atoms with Gasteiger partial charge >= 0.3 is 0 Å². The van der Waals surface area contributed by atoms with Crippen molar-refractivity contribution in [1.29, 1.82) is 0 Å². The minimum absolute atomic E-state index is 0.0359. The van der Waals surface area contributed by atoms with Crippen LogP contribution in [0.1, 0.15) is 27.6 Å². The largest absolute Gasteiger partial charge is 0.350 e. The summed E-state index contributed by atoms with van der Waals surface area (Å²) in [5, 5.41) is 8.39. The van der Waals surface area contributed by atoms with Gasteiger partial charge in [0.1, 0.15) is 6.04 Å². The molecule has 25 heavy (non-hydrogen) atoms. The molecule has 0 aliphatic heterocycles. The molecule has 0 aromatic carbocycles. The van der Waals surface area contributed by atoms with Gasteiger partial charge in [0.05, 0.1) is 0 Å². The van der Waals surface area contributed by atoms with E-state index in [0.717, 1.165) is 21.6 Å². The Labute approximate surface area is 151 Å². The molecule has 0 saturated carbocycles. The van der Waals surface area contributed by atoms with E-state index in [0.29, 0.717) is 13.1 Å². The van der Waals surface area contributed by atoms with Crippen LogP contribution in [0.15, 0.2) is 60.5 Å². The second kappa shape index (κ2) is 8.50. The van der Waals surface area contributed by atoms with Gasteiger partial charge in [0.15, 0.2) is 0 Å². The fourth-order valence-electron chi connectivity index (χ4n) is 2.50. The lowest BCUT2D eigenvalue weighted by Crippen LogP contribution is -2.37. The standard InChI is InChI=1S/C19H20N4OS/c1-14-6-10-25-18(14)17(22-13-16-3-2-7-21-11-16)19(24)23-12-15-4-8-20-9-5-15/h2-11,17,22H,12-13H2,1H3,(H,23,24). The van der Waals surface area contributed by atoms with E-state index >= 15 is 0 Å². The average molecular weight is 352 g/mol. The van der Waals surface area contributed by atoms with Gasteiger partial charge in [-0.3, -0.25) is 20.1 Å². The van der Waals surface area contributed by atoms with Gasteiger partial charge in [0.25, 0.3) is 0 Å². The van der Waals surface area contributed by atoms with Gasteiger partial charge in [0.2, 0.25) is 5.91 Å². The summed E-state index contributed by atoms with van der Waals surface area (Å²) in [6.45, 7) is 3.09. The number of carbonyl (C=O) groups is 1. The summed E-state index contributed by atoms with van der Waals surface area (Å²) in [6, 6.07) is 9.33. The molecule has 6 heteroatoms. The van der Waals surface area contributed by atoms with Gasteiger partial charge in [-0.05, 0) is 53.3 Å². The number of nitrogens with zero attached hydrogens (tertiary/aromatic N) is 2. The Morgan fingerprint density at radius 1 is 1.08 bits per heavy atom. The Bertz CT molecular complexity index is 805. The van der Waals surface area contributed by atoms with Crippen LogP contribution in [-0.2, 0) is 17.9 Å². The van der Waals surface area contributed by atoms with Crippen LogP contribution in [0, 0.1) is 6.92 Å². The number of hydrogen-bond donors (Lipinski definition) is 2. The first kappa shape index (κ1) is 17.3. The number of amides is 1. The van der Waals surface area contributed by atoms with E-state index in [1.54, 1.807) is 36.1 Å². The predicted molar refractivity (Wildman–Crippen MR) is 99.0 cm³/mol. The number of aryl methyl sites for hydroxylation is 1. The predicted octanol–water partition coefficient (Wildman–Crippen LogP) is 2.99. The molecule has 128 valence electrons. The van der Waals surface area contributed by atoms with E-state index in [4.69, 9.17) is 0 Å². The number of aromatic nitrogens is 2. The van der Waals surface area contributed by atoms with E-state index < -0.39 is 0 Å². The van der Waals surface area contributed by atoms with Crippen LogP contribution < -0.4 is 10.6 Å². The van der Waals surface area contributed by atoms with E-state index in [-0.39, 0.29) is 11.9 Å². The van der Waals surface area contributed by atoms with Crippen molar-refractivity contribution in [2.24, 2.45) is 0 Å². The van der Waals surface area contributed by atoms with Gasteiger partial charge in [-0.2, -0.15) is 0 Å². The molecule has 0 aliphatic carbocycles. The highest BCUT2D eigenvalue weighted by atomic mass is 32.1. The second-order valence-electron chi connectivity index (χ2n) is 5.72. The molecule has 1 amide bonds. The zero-order chi connectivity index (χ0) is 17.5. The van der Waals surface area contributed by atoms with E-state index in [2.05, 4.69) is 20.6 Å². The molecule has 3 aromatic rings. The van der Waals surface area contributed by atoms with E-state index in [1.807, 2.05) is 42.6 Å². The Hall–Kier alpha value is -2.57. The van der Waals surface area contributed by atoms with Crippen LogP contribution in [0.4, 0.5) is 0 Å². The van der Waals surface area contributed by atoms with Crippen molar-refractivity contribution in [3.63, 3.8) is 0 Å². The van der Waals surface area contributed by atoms with Crippen LogP contribution in [-0.4, -0.2) is 15.9 Å². The van der Waals surface area contributed by atoms with Crippen molar-refractivity contribution >= 4 is 17.2 Å². The molecule has 5 nitrogen and oxygen atoms in total. The molecule has 1 atom stereocenters. The van der Waals surface area contributed by atoms with Crippen molar-refractivity contribution < 1.29 is 4.79 Å². The zero-order valence-electron chi connectivity index (χ0n) is 14.0. The molecule has 0 saturated heterocycles. The average Bonchev–Trinajstić information content (AvgIpc) is 3.08. The summed E-state index contributed by atoms with van der Waals surface area (Å²) in [4.78, 5) is 21.9. The molecular formula is C19H20N4OS. The monoisotopic (exact) mass is 352 g/mol. The molecular weight excluding hydrogens is 332 g/mol. The van der Waals surface area contributed by atoms with Crippen molar-refractivity contribution in [2.45, 2.75) is 26.1 Å². The van der Waals surface area contributed by atoms with Crippen molar-refractivity contribution in [1.82, 2.24) is 20.6 Å². The summed E-state index contributed by atoms with van der Waals surface area (Å²) in [5.41, 5.74) is 3.19. The first-order chi connectivity index (χ1) is 12.2. The maximum absolute atomic E-state index is 12.8. The third-order valence-electron chi connectivity index (χ3n) is 3.88. The van der Waals surface area contributed by atoms with Gasteiger partial charge < -0.3 is 5.32 Å². The third kappa shape index (κ3) is 4.71. The first-order valence-corrected chi connectivity index (χ1v) is 8.95. The molecule has 0 fully saturated rings. The highest BCUT2D eigenvalue weighted by molar-refractivity contribution is 7.10. The van der Waals surface area contributed by atoms with E-state index in [9.17, 15) is 4.79 Å². The molecule has 1 unspecified atom stereocenters. The lowest BCUT2D eigenvalue weighted by Gasteiger charge is -2.18. The smallest absolute Gasteiger partial charge is 0.242 e. The zero-order valence-corrected chi connectivity index (χ0v) is 14.8. The van der Waals surface area contributed by atoms with Gasteiger partial charge in [-0.1, -0.05) is 6.07 Å². The highest BCUT2D eigenvalue weighted by Crippen LogP contribution is 2.24. The summed E-state index contributed by atoms with van der Waals surface area (Å²) in [5.74, 6) is -0.0359. The maximum Gasteiger partial charge on any atom is 0.242 e. The van der Waals surface area contributed by atoms with E-state index in [1.165, 1.54) is 0 Å². The topological polar surface area (TPSA) is 66.9 Å². The third-order valence-corrected chi connectivity index (χ3v) is 4.96. The minimum Gasteiger partial charge on any atom is -0.350 e. The van der Waals surface area contributed by atoms with Crippen LogP contribution in [0.25, 0.3) is 0 Å². The van der Waals surface area contributed by atoms with Gasteiger partial charge in [-0.15, -0.1) is 11.3 Å². The summed E-state index contributed by atoms with van der Waals surface area (Å²) >= 11 is 1.59. The number of rotatable bonds is 7. The Morgan fingerprint density at radius 3 is 2.60 bits per heavy atom. The number of nitrogens with one attached hydrogen (secondary N) is 2. The number of thiophene rings is 1. The normalized spacial score (nSPS) is 11.9. The van der Waals surface area contributed by atoms with Crippen molar-refractivity contribution in [3.05, 3.63) is 82.1 Å². The first-order valence-electron chi connectivity index (χ1n) is 8.07. The molecule has 3 aromatic heterocycles. The SMILES string of the molecule is Cc1ccsc1C(NCc1cccnc1)C(=O)NCc1ccncc1. The number of pyridine rings is 2. The van der Waals surface area contributed by atoms with Crippen LogP contribution in [0.2, 0.25) is 0 Å². The minimum atomic E-state index is -0.387. The summed E-state index contributed by atoms with van der Waals surface area (Å²) in [6.07, 6.45) is 7.00. The van der Waals surface area contributed by atoms with Crippen molar-refractivity contribution in [2.75, 3.05) is 0 Å². The molecule has 0 spiro atoms. The Morgan fingerprint density at radius 2 is 1.92 bits per heavy atom. The van der Waals surface area contributed by atoms with Gasteiger partial charge in [-0.25, -0.2) is 0 Å². The summed E-state index contributed by atoms with van der Waals surface area (Å²) < 4.78 is 0. The number of hydrogen-bond acceptors (Lipinski definition) is 5. The molecule has 2 N–H and O–H groups in total. The Balaban J connectivity index is 1.69. The van der Waals surface area contributed by atoms with Crippen LogP contribution in [0.3, 0.4) is 0 Å². The fraction of sp³-hybridized carbons (Fsp3) is 0.211. The van der Waals surface area contributed by atoms with Gasteiger partial charge in [0, 0.05) is 42.8 Å². The maximum atomic E-state index is 12.8. The molecule has 3 rings (SSSR count). The summed E-state index contributed by atoms with van der Waals surface area (Å²) in [7, 11) is 0. The Kier molecular flexibility index (Phi) is 5.87. The molecule has 0 bridgehead atoms. The lowest BCUT2D eigenvalue weighted by atomic mass is 10.1. The lowest BCUT2D eigenvalue weighted by molar-refractivity contribution is -0.123. The van der Waals surface area contributed by atoms with Crippen LogP contribution >= 0.6 is 11.3 Å². The molecule has 0 radical (unpaired) electrons. The van der Waals surface area contributed by atoms with Crippen LogP contribution in [0.5, 0.6) is 0 Å². The highest BCUT2D eigenvalue weighted by Gasteiger charge is 2.22. The second-order valence-corrected chi connectivity index (χ2v) is 6.66. The fourth-order valence-corrected chi connectivity index (χ4v) is 3.50. The van der Waals surface area contributed by atoms with Crippen molar-refractivity contribution in [3.8, 4) is 0 Å². The molecule has 3 heterocycles.